The van der Waals surface area contributed by atoms with Crippen molar-refractivity contribution in [2.24, 2.45) is 0 Å². The number of benzene rings is 2. The molecule has 1 aliphatic rings. The topological polar surface area (TPSA) is 138 Å². The van der Waals surface area contributed by atoms with E-state index >= 15 is 0 Å². The van der Waals surface area contributed by atoms with Crippen LogP contribution in [0.5, 0.6) is 0 Å². The van der Waals surface area contributed by atoms with Crippen molar-refractivity contribution in [2.75, 3.05) is 26.4 Å². The maximum absolute atomic E-state index is 12.9. The molecular formula is C32H43N2O9PSi. The van der Waals surface area contributed by atoms with Crippen molar-refractivity contribution in [3.8, 4) is 0 Å². The van der Waals surface area contributed by atoms with E-state index in [9.17, 15) is 19.3 Å². The minimum atomic E-state index is -3.46. The van der Waals surface area contributed by atoms with Crippen molar-refractivity contribution in [3.05, 3.63) is 106 Å². The van der Waals surface area contributed by atoms with E-state index in [4.69, 9.17) is 22.9 Å². The lowest BCUT2D eigenvalue weighted by Crippen LogP contribution is -2.67. The van der Waals surface area contributed by atoms with Gasteiger partial charge in [-0.05, 0) is 29.3 Å². The number of H-pyrrole nitrogens is 1. The van der Waals surface area contributed by atoms with Crippen LogP contribution >= 0.6 is 7.60 Å². The standard InChI is InChI=1S/C32H43N2O9PSi/c1-6-40-44(38,41-7-2)22-14-21-39-29-26(43-30(28(29)36)34-20-19-27(35)33-31(34)37)23-42-45(32(3,4)5,24-15-10-8-11-16-24)25-17-12-9-13-18-25/h8-20,22,26,28-30,36H,6-7,21,23H2,1-5H3,(H,33,35,37)/b22-14+/t26-,28-,29-,30-/m1/s1. The zero-order valence-electron chi connectivity index (χ0n) is 26.3. The van der Waals surface area contributed by atoms with Gasteiger partial charge < -0.3 is 28.1 Å². The quantitative estimate of drug-likeness (QED) is 0.197. The molecule has 2 aromatic carbocycles. The van der Waals surface area contributed by atoms with Gasteiger partial charge >= 0.3 is 13.3 Å². The lowest BCUT2D eigenvalue weighted by molar-refractivity contribution is -0.0562. The summed E-state index contributed by atoms with van der Waals surface area (Å²) in [4.78, 5) is 26.6. The van der Waals surface area contributed by atoms with Gasteiger partial charge in [-0.15, -0.1) is 0 Å². The van der Waals surface area contributed by atoms with Gasteiger partial charge in [-0.3, -0.25) is 18.9 Å². The number of rotatable bonds is 14. The molecule has 0 amide bonds. The number of hydrogen-bond acceptors (Lipinski definition) is 9. The molecule has 1 aliphatic heterocycles. The molecular weight excluding hydrogens is 615 g/mol. The summed E-state index contributed by atoms with van der Waals surface area (Å²) in [6.07, 6.45) is -1.44. The van der Waals surface area contributed by atoms with Gasteiger partial charge in [0.15, 0.2) is 6.23 Å². The van der Waals surface area contributed by atoms with Gasteiger partial charge in [0.25, 0.3) is 13.9 Å². The number of nitrogens with one attached hydrogen (secondary N) is 1. The van der Waals surface area contributed by atoms with E-state index < -0.39 is 51.7 Å². The first-order chi connectivity index (χ1) is 21.5. The Kier molecular flexibility index (Phi) is 11.7. The average Bonchev–Trinajstić information content (AvgIpc) is 3.30. The normalized spacial score (nSPS) is 21.0. The molecule has 4 atom stereocenters. The summed E-state index contributed by atoms with van der Waals surface area (Å²) in [5.74, 6) is 1.33. The van der Waals surface area contributed by atoms with Crippen LogP contribution in [0, 0.1) is 0 Å². The SMILES string of the molecule is CCOP(=O)(/C=C/CO[C@H]1[C@@H](O)[C@H](n2ccc(=O)[nH]c2=O)O[C@@H]1CO[Si](c1ccccc1)(c1ccccc1)C(C)(C)C)OCC. The third kappa shape index (κ3) is 7.90. The number of aromatic amines is 1. The van der Waals surface area contributed by atoms with E-state index in [0.717, 1.165) is 14.9 Å². The van der Waals surface area contributed by atoms with E-state index in [0.29, 0.717) is 0 Å². The van der Waals surface area contributed by atoms with Crippen LogP contribution in [0.4, 0.5) is 0 Å². The van der Waals surface area contributed by atoms with Crippen molar-refractivity contribution in [3.63, 3.8) is 0 Å². The Morgan fingerprint density at radius 1 is 0.978 bits per heavy atom. The fourth-order valence-electron chi connectivity index (χ4n) is 5.71. The Morgan fingerprint density at radius 3 is 2.07 bits per heavy atom. The molecule has 244 valence electrons. The minimum absolute atomic E-state index is 0.0315. The molecule has 2 N–H and O–H groups in total. The summed E-state index contributed by atoms with van der Waals surface area (Å²) in [5, 5.41) is 13.3. The number of hydrogen-bond donors (Lipinski definition) is 2. The van der Waals surface area contributed by atoms with Crippen molar-refractivity contribution < 1.29 is 32.6 Å². The third-order valence-corrected chi connectivity index (χ3v) is 14.4. The highest BCUT2D eigenvalue weighted by atomic mass is 31.2. The van der Waals surface area contributed by atoms with Crippen LogP contribution in [-0.4, -0.2) is 67.7 Å². The highest BCUT2D eigenvalue weighted by molar-refractivity contribution is 7.57. The fraction of sp³-hybridized carbons (Fsp3) is 0.438. The maximum atomic E-state index is 12.9. The zero-order valence-corrected chi connectivity index (χ0v) is 28.2. The number of nitrogens with zero attached hydrogens (tertiary/aromatic N) is 1. The monoisotopic (exact) mass is 658 g/mol. The molecule has 0 saturated carbocycles. The van der Waals surface area contributed by atoms with Crippen LogP contribution in [0.2, 0.25) is 5.04 Å². The molecule has 13 heteroatoms. The molecule has 0 unspecified atom stereocenters. The summed E-state index contributed by atoms with van der Waals surface area (Å²) >= 11 is 0. The smallest absolute Gasteiger partial charge is 0.353 e. The summed E-state index contributed by atoms with van der Waals surface area (Å²) < 4.78 is 44.1. The molecule has 0 aliphatic carbocycles. The first-order valence-electron chi connectivity index (χ1n) is 15.0. The first kappa shape index (κ1) is 34.9. The number of aromatic nitrogens is 2. The fourth-order valence-corrected chi connectivity index (χ4v) is 11.6. The Bertz CT molecular complexity index is 1520. The molecule has 45 heavy (non-hydrogen) atoms. The van der Waals surface area contributed by atoms with Gasteiger partial charge in [-0.1, -0.05) is 87.5 Å². The predicted octanol–water partition coefficient (Wildman–Crippen LogP) is 3.54. The van der Waals surface area contributed by atoms with Crippen molar-refractivity contribution in [1.29, 1.82) is 0 Å². The molecule has 11 nitrogen and oxygen atoms in total. The molecule has 0 radical (unpaired) electrons. The second-order valence-corrected chi connectivity index (χ2v) is 17.8. The summed E-state index contributed by atoms with van der Waals surface area (Å²) in [5.41, 5.74) is -1.30. The summed E-state index contributed by atoms with van der Waals surface area (Å²) in [7, 11) is -6.44. The Morgan fingerprint density at radius 2 is 1.56 bits per heavy atom. The maximum Gasteiger partial charge on any atom is 0.353 e. The van der Waals surface area contributed by atoms with E-state index in [1.165, 1.54) is 24.2 Å². The molecule has 4 rings (SSSR count). The molecule has 3 aromatic rings. The largest absolute Gasteiger partial charge is 0.405 e. The summed E-state index contributed by atoms with van der Waals surface area (Å²) in [6.45, 7) is 10.3. The van der Waals surface area contributed by atoms with Crippen molar-refractivity contribution >= 4 is 26.3 Å². The van der Waals surface area contributed by atoms with E-state index in [-0.39, 0.29) is 31.5 Å². The van der Waals surface area contributed by atoms with Crippen LogP contribution in [-0.2, 0) is 27.5 Å². The molecule has 0 bridgehead atoms. The second kappa shape index (κ2) is 15.1. The molecule has 1 saturated heterocycles. The van der Waals surface area contributed by atoms with Crippen LogP contribution in [0.15, 0.2) is 94.4 Å². The van der Waals surface area contributed by atoms with E-state index in [1.807, 2.05) is 36.4 Å². The molecule has 2 heterocycles. The van der Waals surface area contributed by atoms with Crippen molar-refractivity contribution in [1.82, 2.24) is 9.55 Å². The van der Waals surface area contributed by atoms with Gasteiger partial charge in [0.05, 0.1) is 26.4 Å². The highest BCUT2D eigenvalue weighted by Gasteiger charge is 2.52. The zero-order chi connectivity index (χ0) is 32.7. The highest BCUT2D eigenvalue weighted by Crippen LogP contribution is 2.49. The van der Waals surface area contributed by atoms with Gasteiger partial charge in [-0.2, -0.15) is 0 Å². The van der Waals surface area contributed by atoms with Gasteiger partial charge in [0, 0.05) is 18.1 Å². The minimum Gasteiger partial charge on any atom is -0.405 e. The van der Waals surface area contributed by atoms with Crippen LogP contribution in [0.1, 0.15) is 40.8 Å². The van der Waals surface area contributed by atoms with E-state index in [2.05, 4.69) is 50.0 Å². The van der Waals surface area contributed by atoms with Crippen molar-refractivity contribution in [2.45, 2.75) is 64.2 Å². The molecule has 1 aromatic heterocycles. The average molecular weight is 659 g/mol. The number of ether oxygens (including phenoxy) is 2. The van der Waals surface area contributed by atoms with Crippen LogP contribution < -0.4 is 21.6 Å². The number of aliphatic hydroxyl groups excluding tert-OH is 1. The van der Waals surface area contributed by atoms with E-state index in [1.54, 1.807) is 13.8 Å². The third-order valence-electron chi connectivity index (χ3n) is 7.61. The predicted molar refractivity (Wildman–Crippen MR) is 175 cm³/mol. The van der Waals surface area contributed by atoms with Crippen LogP contribution in [0.3, 0.4) is 0 Å². The lowest BCUT2D eigenvalue weighted by Gasteiger charge is -2.43. The lowest BCUT2D eigenvalue weighted by atomic mass is 10.1. The van der Waals surface area contributed by atoms with Gasteiger partial charge in [-0.25, -0.2) is 4.79 Å². The Balaban J connectivity index is 1.68. The Hall–Kier alpha value is -2.93. The number of aliphatic hydroxyl groups is 1. The molecule has 0 spiro atoms. The van der Waals surface area contributed by atoms with Crippen LogP contribution in [0.25, 0.3) is 0 Å². The van der Waals surface area contributed by atoms with Gasteiger partial charge in [0.1, 0.15) is 18.3 Å². The molecule has 1 fully saturated rings. The second-order valence-electron chi connectivity index (χ2n) is 11.6. The Labute approximate surface area is 264 Å². The summed E-state index contributed by atoms with van der Waals surface area (Å²) in [6, 6.07) is 21.4. The first-order valence-corrected chi connectivity index (χ1v) is 18.6. The van der Waals surface area contributed by atoms with Gasteiger partial charge in [0.2, 0.25) is 0 Å².